The molecule has 0 fully saturated rings. The van der Waals surface area contributed by atoms with Crippen LogP contribution in [0.1, 0.15) is 0 Å². The molecule has 0 aromatic heterocycles. The zero-order valence-electron chi connectivity index (χ0n) is 10.6. The Kier molecular flexibility index (Phi) is 6.77. The van der Waals surface area contributed by atoms with Crippen LogP contribution in [0.2, 0.25) is 0 Å². The number of thiocarbonyl (C=S) groups is 1. The van der Waals surface area contributed by atoms with Gasteiger partial charge >= 0.3 is 5.97 Å². The van der Waals surface area contributed by atoms with Gasteiger partial charge in [0.15, 0.2) is 5.11 Å². The fraction of sp³-hybridized carbons (Fsp3) is 0.154. The van der Waals surface area contributed by atoms with Gasteiger partial charge in [-0.1, -0.05) is 18.2 Å². The van der Waals surface area contributed by atoms with E-state index in [1.807, 2.05) is 30.3 Å². The minimum atomic E-state index is -1.16. The number of rotatable bonds is 6. The van der Waals surface area contributed by atoms with Crippen LogP contribution in [0.3, 0.4) is 0 Å². The van der Waals surface area contributed by atoms with Crippen molar-refractivity contribution in [1.29, 1.82) is 0 Å². The second kappa shape index (κ2) is 8.65. The Labute approximate surface area is 121 Å². The summed E-state index contributed by atoms with van der Waals surface area (Å²) >= 11 is 5.07. The third-order valence-electron chi connectivity index (χ3n) is 2.12. The van der Waals surface area contributed by atoms with Crippen molar-refractivity contribution in [2.75, 3.05) is 18.4 Å². The molecular formula is C13H15N3O3S. The molecular weight excluding hydrogens is 278 g/mol. The summed E-state index contributed by atoms with van der Waals surface area (Å²) in [5, 5.41) is 17.2. The van der Waals surface area contributed by atoms with E-state index in [4.69, 9.17) is 17.3 Å². The molecule has 7 heteroatoms. The molecule has 0 saturated heterocycles. The van der Waals surface area contributed by atoms with E-state index in [1.54, 1.807) is 0 Å². The molecule has 0 atom stereocenters. The predicted molar refractivity (Wildman–Crippen MR) is 80.5 cm³/mol. The molecule has 1 amide bonds. The summed E-state index contributed by atoms with van der Waals surface area (Å²) in [4.78, 5) is 21.3. The third-order valence-corrected chi connectivity index (χ3v) is 2.37. The van der Waals surface area contributed by atoms with Gasteiger partial charge in [0.2, 0.25) is 5.91 Å². The van der Waals surface area contributed by atoms with Crippen LogP contribution >= 0.6 is 12.2 Å². The maximum atomic E-state index is 11.1. The van der Waals surface area contributed by atoms with Crippen molar-refractivity contribution in [3.8, 4) is 0 Å². The summed E-state index contributed by atoms with van der Waals surface area (Å²) in [5.74, 6) is -1.62. The van der Waals surface area contributed by atoms with Gasteiger partial charge in [-0.25, -0.2) is 4.79 Å². The Bertz CT molecular complexity index is 503. The van der Waals surface area contributed by atoms with Crippen LogP contribution in [0.15, 0.2) is 42.5 Å². The lowest BCUT2D eigenvalue weighted by Gasteiger charge is -2.10. The predicted octanol–water partition coefficient (Wildman–Crippen LogP) is 0.730. The standard InChI is InChI=1S/C13H15N3O3S/c17-11(6-7-12(18)19)14-8-9-15-13(20)16-10-4-2-1-3-5-10/h1-7H,8-9H2,(H,14,17)(H,18,19)(H2,15,16,20)/b7-6-. The SMILES string of the molecule is O=C(O)/C=C\C(=O)NCCNC(=S)Nc1ccccc1. The first-order valence-electron chi connectivity index (χ1n) is 5.86. The van der Waals surface area contributed by atoms with E-state index in [0.717, 1.165) is 17.8 Å². The fourth-order valence-corrected chi connectivity index (χ4v) is 1.48. The first-order valence-corrected chi connectivity index (χ1v) is 6.27. The van der Waals surface area contributed by atoms with Crippen molar-refractivity contribution in [1.82, 2.24) is 10.6 Å². The summed E-state index contributed by atoms with van der Waals surface area (Å²) in [7, 11) is 0. The van der Waals surface area contributed by atoms with Crippen molar-refractivity contribution in [3.63, 3.8) is 0 Å². The summed E-state index contributed by atoms with van der Waals surface area (Å²) in [6.45, 7) is 0.769. The monoisotopic (exact) mass is 293 g/mol. The van der Waals surface area contributed by atoms with Crippen molar-refractivity contribution in [3.05, 3.63) is 42.5 Å². The average Bonchev–Trinajstić information content (AvgIpc) is 2.42. The molecule has 0 unspecified atom stereocenters. The van der Waals surface area contributed by atoms with E-state index in [0.29, 0.717) is 18.2 Å². The van der Waals surface area contributed by atoms with Crippen molar-refractivity contribution < 1.29 is 14.7 Å². The molecule has 6 nitrogen and oxygen atoms in total. The first kappa shape index (κ1) is 15.6. The van der Waals surface area contributed by atoms with Gasteiger partial charge in [0, 0.05) is 30.9 Å². The van der Waals surface area contributed by atoms with Crippen LogP contribution in [-0.4, -0.2) is 35.2 Å². The average molecular weight is 293 g/mol. The Morgan fingerprint density at radius 2 is 1.75 bits per heavy atom. The number of para-hydroxylation sites is 1. The van der Waals surface area contributed by atoms with E-state index < -0.39 is 11.9 Å². The number of carbonyl (C=O) groups is 2. The van der Waals surface area contributed by atoms with Crippen LogP contribution in [0, 0.1) is 0 Å². The number of anilines is 1. The lowest BCUT2D eigenvalue weighted by atomic mass is 10.3. The molecule has 0 bridgehead atoms. The van der Waals surface area contributed by atoms with Gasteiger partial charge in [-0.05, 0) is 24.4 Å². The molecule has 0 aliphatic heterocycles. The Hall–Kier alpha value is -2.41. The van der Waals surface area contributed by atoms with Crippen LogP contribution in [0.5, 0.6) is 0 Å². The van der Waals surface area contributed by atoms with E-state index in [2.05, 4.69) is 16.0 Å². The van der Waals surface area contributed by atoms with E-state index in [-0.39, 0.29) is 0 Å². The van der Waals surface area contributed by atoms with E-state index in [1.165, 1.54) is 0 Å². The molecule has 0 saturated carbocycles. The zero-order chi connectivity index (χ0) is 14.8. The van der Waals surface area contributed by atoms with Crippen LogP contribution in [-0.2, 0) is 9.59 Å². The van der Waals surface area contributed by atoms with E-state index in [9.17, 15) is 9.59 Å². The van der Waals surface area contributed by atoms with Gasteiger partial charge in [0.25, 0.3) is 0 Å². The Balaban J connectivity index is 2.16. The van der Waals surface area contributed by atoms with E-state index >= 15 is 0 Å². The lowest BCUT2D eigenvalue weighted by Crippen LogP contribution is -2.36. The molecule has 106 valence electrons. The molecule has 1 rings (SSSR count). The van der Waals surface area contributed by atoms with Crippen molar-refractivity contribution >= 4 is 34.9 Å². The highest BCUT2D eigenvalue weighted by Crippen LogP contribution is 2.03. The van der Waals surface area contributed by atoms with Gasteiger partial charge in [0.05, 0.1) is 0 Å². The molecule has 0 heterocycles. The Morgan fingerprint density at radius 3 is 2.40 bits per heavy atom. The molecule has 1 aromatic carbocycles. The second-order valence-corrected chi connectivity index (χ2v) is 4.12. The molecule has 0 spiro atoms. The fourth-order valence-electron chi connectivity index (χ4n) is 1.26. The smallest absolute Gasteiger partial charge is 0.328 e. The third kappa shape index (κ3) is 7.12. The summed E-state index contributed by atoms with van der Waals surface area (Å²) in [6.07, 6.45) is 1.74. The van der Waals surface area contributed by atoms with Gasteiger partial charge in [-0.3, -0.25) is 4.79 Å². The maximum Gasteiger partial charge on any atom is 0.328 e. The van der Waals surface area contributed by atoms with Gasteiger partial charge in [-0.15, -0.1) is 0 Å². The maximum absolute atomic E-state index is 11.1. The molecule has 0 aliphatic carbocycles. The zero-order valence-corrected chi connectivity index (χ0v) is 11.4. The molecule has 20 heavy (non-hydrogen) atoms. The van der Waals surface area contributed by atoms with Crippen molar-refractivity contribution in [2.24, 2.45) is 0 Å². The number of carboxylic acids is 1. The second-order valence-electron chi connectivity index (χ2n) is 3.71. The summed E-state index contributed by atoms with van der Waals surface area (Å²) in [6, 6.07) is 9.45. The highest BCUT2D eigenvalue weighted by molar-refractivity contribution is 7.80. The number of carboxylic acid groups (broad SMARTS) is 1. The molecule has 0 aliphatic rings. The van der Waals surface area contributed by atoms with Gasteiger partial charge in [0.1, 0.15) is 0 Å². The number of nitrogens with one attached hydrogen (secondary N) is 3. The quantitative estimate of drug-likeness (QED) is 0.351. The number of hydrogen-bond acceptors (Lipinski definition) is 3. The lowest BCUT2D eigenvalue weighted by molar-refractivity contribution is -0.131. The number of amides is 1. The number of hydrogen-bond donors (Lipinski definition) is 4. The molecule has 4 N–H and O–H groups in total. The molecule has 1 aromatic rings. The largest absolute Gasteiger partial charge is 0.478 e. The van der Waals surface area contributed by atoms with Crippen LogP contribution in [0.4, 0.5) is 5.69 Å². The highest BCUT2D eigenvalue weighted by Gasteiger charge is 1.98. The normalized spacial score (nSPS) is 10.0. The van der Waals surface area contributed by atoms with Gasteiger partial charge < -0.3 is 21.1 Å². The number of aliphatic carboxylic acids is 1. The minimum Gasteiger partial charge on any atom is -0.478 e. The van der Waals surface area contributed by atoms with Crippen LogP contribution < -0.4 is 16.0 Å². The summed E-state index contributed by atoms with van der Waals surface area (Å²) in [5.41, 5.74) is 0.874. The number of benzene rings is 1. The van der Waals surface area contributed by atoms with Crippen LogP contribution in [0.25, 0.3) is 0 Å². The number of carbonyl (C=O) groups excluding carboxylic acids is 1. The minimum absolute atomic E-state index is 0.333. The summed E-state index contributed by atoms with van der Waals surface area (Å²) < 4.78 is 0. The topological polar surface area (TPSA) is 90.5 Å². The van der Waals surface area contributed by atoms with Gasteiger partial charge in [-0.2, -0.15) is 0 Å². The Morgan fingerprint density at radius 1 is 1.10 bits per heavy atom. The van der Waals surface area contributed by atoms with Crippen molar-refractivity contribution in [2.45, 2.75) is 0 Å². The highest BCUT2D eigenvalue weighted by atomic mass is 32.1. The first-order chi connectivity index (χ1) is 9.58. The molecule has 0 radical (unpaired) electrons.